The predicted octanol–water partition coefficient (Wildman–Crippen LogP) is 2.39. The molecular formula is C18H27ClN2O3. The van der Waals surface area contributed by atoms with E-state index in [1.165, 1.54) is 0 Å². The van der Waals surface area contributed by atoms with Crippen LogP contribution in [0, 0.1) is 11.8 Å². The molecule has 1 aliphatic rings. The van der Waals surface area contributed by atoms with Crippen LogP contribution < -0.4 is 10.1 Å². The Morgan fingerprint density at radius 2 is 1.83 bits per heavy atom. The summed E-state index contributed by atoms with van der Waals surface area (Å²) in [5.74, 6) is 1.08. The average molecular weight is 355 g/mol. The molecule has 1 aliphatic heterocycles. The van der Waals surface area contributed by atoms with E-state index in [4.69, 9.17) is 4.74 Å². The van der Waals surface area contributed by atoms with Gasteiger partial charge in [0.05, 0.1) is 7.11 Å². The molecule has 24 heavy (non-hydrogen) atoms. The Bertz CT molecular complexity index is 540. The molecule has 2 rings (SSSR count). The summed E-state index contributed by atoms with van der Waals surface area (Å²) >= 11 is 0. The third kappa shape index (κ3) is 4.95. The highest BCUT2D eigenvalue weighted by atomic mass is 35.5. The zero-order valence-electron chi connectivity index (χ0n) is 14.6. The SMILES string of the molecule is CNCC(C)C(=O)N1CCC(C(=O)c2ccc(OC)cc2)CC1.Cl. The lowest BCUT2D eigenvalue weighted by molar-refractivity contribution is -0.136. The molecule has 1 amide bonds. The Hall–Kier alpha value is -1.59. The lowest BCUT2D eigenvalue weighted by Crippen LogP contribution is -2.44. The minimum atomic E-state index is -0.0196. The van der Waals surface area contributed by atoms with Crippen LogP contribution in [0.15, 0.2) is 24.3 Å². The monoisotopic (exact) mass is 354 g/mol. The number of piperidine rings is 1. The van der Waals surface area contributed by atoms with E-state index in [2.05, 4.69) is 5.32 Å². The zero-order chi connectivity index (χ0) is 16.8. The molecule has 1 fully saturated rings. The molecule has 6 heteroatoms. The van der Waals surface area contributed by atoms with Crippen molar-refractivity contribution in [3.63, 3.8) is 0 Å². The number of likely N-dealkylation sites (tertiary alicyclic amines) is 1. The van der Waals surface area contributed by atoms with E-state index in [9.17, 15) is 9.59 Å². The van der Waals surface area contributed by atoms with Gasteiger partial charge in [0.1, 0.15) is 5.75 Å². The Kier molecular flexibility index (Phi) is 8.22. The number of rotatable bonds is 6. The third-order valence-corrected chi connectivity index (χ3v) is 4.48. The fourth-order valence-corrected chi connectivity index (χ4v) is 3.06. The Morgan fingerprint density at radius 1 is 1.25 bits per heavy atom. The molecule has 0 bridgehead atoms. The first kappa shape index (κ1) is 20.5. The van der Waals surface area contributed by atoms with E-state index in [-0.39, 0.29) is 35.9 Å². The summed E-state index contributed by atoms with van der Waals surface area (Å²) in [7, 11) is 3.46. The van der Waals surface area contributed by atoms with Gasteiger partial charge in [0, 0.05) is 37.0 Å². The summed E-state index contributed by atoms with van der Waals surface area (Å²) in [6, 6.07) is 7.25. The maximum atomic E-state index is 12.6. The van der Waals surface area contributed by atoms with Crippen LogP contribution in [0.3, 0.4) is 0 Å². The van der Waals surface area contributed by atoms with Crippen molar-refractivity contribution in [1.82, 2.24) is 10.2 Å². The number of nitrogens with one attached hydrogen (secondary N) is 1. The van der Waals surface area contributed by atoms with Crippen LogP contribution in [-0.4, -0.2) is 50.4 Å². The molecule has 0 radical (unpaired) electrons. The largest absolute Gasteiger partial charge is 0.497 e. The molecule has 134 valence electrons. The van der Waals surface area contributed by atoms with E-state index in [1.54, 1.807) is 7.11 Å². The number of hydrogen-bond donors (Lipinski definition) is 1. The second-order valence-corrected chi connectivity index (χ2v) is 6.15. The van der Waals surface area contributed by atoms with E-state index in [0.29, 0.717) is 19.6 Å². The average Bonchev–Trinajstić information content (AvgIpc) is 2.61. The van der Waals surface area contributed by atoms with Crippen LogP contribution in [0.2, 0.25) is 0 Å². The number of ketones is 1. The van der Waals surface area contributed by atoms with E-state index >= 15 is 0 Å². The number of halogens is 1. The second-order valence-electron chi connectivity index (χ2n) is 6.15. The van der Waals surface area contributed by atoms with Crippen molar-refractivity contribution in [3.8, 4) is 5.75 Å². The minimum Gasteiger partial charge on any atom is -0.497 e. The summed E-state index contributed by atoms with van der Waals surface area (Å²) in [4.78, 5) is 26.7. The topological polar surface area (TPSA) is 58.6 Å². The van der Waals surface area contributed by atoms with Gasteiger partial charge >= 0.3 is 0 Å². The molecule has 1 saturated heterocycles. The molecule has 0 saturated carbocycles. The van der Waals surface area contributed by atoms with Crippen molar-refractivity contribution in [2.24, 2.45) is 11.8 Å². The molecule has 1 aromatic rings. The first-order chi connectivity index (χ1) is 11.1. The summed E-state index contributed by atoms with van der Waals surface area (Å²) in [6.07, 6.45) is 1.48. The van der Waals surface area contributed by atoms with Crippen molar-refractivity contribution in [3.05, 3.63) is 29.8 Å². The molecule has 5 nitrogen and oxygen atoms in total. The quantitative estimate of drug-likeness (QED) is 0.797. The van der Waals surface area contributed by atoms with Crippen molar-refractivity contribution < 1.29 is 14.3 Å². The molecule has 1 aromatic carbocycles. The highest BCUT2D eigenvalue weighted by Gasteiger charge is 2.29. The van der Waals surface area contributed by atoms with Crippen molar-refractivity contribution in [2.75, 3.05) is 33.8 Å². The Labute approximate surface area is 150 Å². The Morgan fingerprint density at radius 3 is 2.33 bits per heavy atom. The summed E-state index contributed by atoms with van der Waals surface area (Å²) in [5, 5.41) is 3.03. The number of hydrogen-bond acceptors (Lipinski definition) is 4. The van der Waals surface area contributed by atoms with Crippen LogP contribution in [-0.2, 0) is 4.79 Å². The third-order valence-electron chi connectivity index (χ3n) is 4.48. The highest BCUT2D eigenvalue weighted by Crippen LogP contribution is 2.24. The van der Waals surface area contributed by atoms with E-state index in [1.807, 2.05) is 43.1 Å². The first-order valence-corrected chi connectivity index (χ1v) is 8.18. The smallest absolute Gasteiger partial charge is 0.226 e. The summed E-state index contributed by atoms with van der Waals surface area (Å²) in [6.45, 7) is 3.95. The van der Waals surface area contributed by atoms with Gasteiger partial charge in [-0.3, -0.25) is 9.59 Å². The van der Waals surface area contributed by atoms with Gasteiger partial charge < -0.3 is 15.0 Å². The zero-order valence-corrected chi connectivity index (χ0v) is 15.4. The number of carbonyl (C=O) groups is 2. The molecule has 1 heterocycles. The number of nitrogens with zero attached hydrogens (tertiary/aromatic N) is 1. The predicted molar refractivity (Wildman–Crippen MR) is 97.0 cm³/mol. The van der Waals surface area contributed by atoms with Gasteiger partial charge in [-0.1, -0.05) is 6.92 Å². The van der Waals surface area contributed by atoms with Crippen LogP contribution in [0.4, 0.5) is 0 Å². The molecular weight excluding hydrogens is 328 g/mol. The van der Waals surface area contributed by atoms with Crippen LogP contribution in [0.25, 0.3) is 0 Å². The van der Waals surface area contributed by atoms with Crippen LogP contribution in [0.1, 0.15) is 30.1 Å². The number of Topliss-reactive ketones (excluding diaryl/α,β-unsaturated/α-hetero) is 1. The summed E-state index contributed by atoms with van der Waals surface area (Å²) < 4.78 is 5.12. The van der Waals surface area contributed by atoms with E-state index < -0.39 is 0 Å². The Balaban J connectivity index is 0.00000288. The van der Waals surface area contributed by atoms with Gasteiger partial charge in [-0.2, -0.15) is 0 Å². The lowest BCUT2D eigenvalue weighted by Gasteiger charge is -2.33. The van der Waals surface area contributed by atoms with Gasteiger partial charge in [-0.25, -0.2) is 0 Å². The maximum Gasteiger partial charge on any atom is 0.226 e. The van der Waals surface area contributed by atoms with Crippen molar-refractivity contribution >= 4 is 24.1 Å². The number of methoxy groups -OCH3 is 1. The number of ether oxygens (including phenoxy) is 1. The van der Waals surface area contributed by atoms with Gasteiger partial charge in [-0.15, -0.1) is 12.4 Å². The number of carbonyl (C=O) groups excluding carboxylic acids is 2. The number of amides is 1. The summed E-state index contributed by atoms with van der Waals surface area (Å²) in [5.41, 5.74) is 0.721. The van der Waals surface area contributed by atoms with Crippen LogP contribution >= 0.6 is 12.4 Å². The fraction of sp³-hybridized carbons (Fsp3) is 0.556. The van der Waals surface area contributed by atoms with Crippen LogP contribution in [0.5, 0.6) is 5.75 Å². The maximum absolute atomic E-state index is 12.6. The van der Waals surface area contributed by atoms with Gasteiger partial charge in [0.15, 0.2) is 5.78 Å². The first-order valence-electron chi connectivity index (χ1n) is 8.18. The molecule has 1 N–H and O–H groups in total. The highest BCUT2D eigenvalue weighted by molar-refractivity contribution is 5.98. The molecule has 0 aromatic heterocycles. The fourth-order valence-electron chi connectivity index (χ4n) is 3.06. The minimum absolute atomic E-state index is 0. The second kappa shape index (κ2) is 9.64. The van der Waals surface area contributed by atoms with Gasteiger partial charge in [0.2, 0.25) is 5.91 Å². The van der Waals surface area contributed by atoms with Crippen molar-refractivity contribution in [2.45, 2.75) is 19.8 Å². The van der Waals surface area contributed by atoms with E-state index in [0.717, 1.165) is 24.2 Å². The molecule has 1 atom stereocenters. The molecule has 1 unspecified atom stereocenters. The van der Waals surface area contributed by atoms with Gasteiger partial charge in [-0.05, 0) is 44.2 Å². The standard InChI is InChI=1S/C18H26N2O3.ClH/c1-13(12-19-2)18(22)20-10-8-15(9-11-20)17(21)14-4-6-16(23-3)7-5-14;/h4-7,13,15,19H,8-12H2,1-3H3;1H. The normalized spacial score (nSPS) is 16.2. The lowest BCUT2D eigenvalue weighted by atomic mass is 9.88. The molecule has 0 spiro atoms. The number of benzene rings is 1. The van der Waals surface area contributed by atoms with Crippen molar-refractivity contribution in [1.29, 1.82) is 0 Å². The van der Waals surface area contributed by atoms with Gasteiger partial charge in [0.25, 0.3) is 0 Å². The molecule has 0 aliphatic carbocycles.